The van der Waals surface area contributed by atoms with Crippen molar-refractivity contribution >= 4 is 34.6 Å². The zero-order valence-electron chi connectivity index (χ0n) is 32.4. The van der Waals surface area contributed by atoms with Crippen molar-refractivity contribution in [1.82, 2.24) is 29.6 Å². The van der Waals surface area contributed by atoms with Gasteiger partial charge in [0.25, 0.3) is 22.9 Å². The minimum atomic E-state index is -0.398. The number of aryl methyl sites for hydroxylation is 2. The molecule has 0 saturated heterocycles. The second-order valence-corrected chi connectivity index (χ2v) is 13.9. The van der Waals surface area contributed by atoms with E-state index in [1.54, 1.807) is 69.3 Å². The minimum Gasteiger partial charge on any atom is -0.493 e. The Kier molecular flexibility index (Phi) is 14.7. The first-order valence-corrected chi connectivity index (χ1v) is 17.9. The quantitative estimate of drug-likeness (QED) is 0.104. The van der Waals surface area contributed by atoms with Gasteiger partial charge in [-0.3, -0.25) is 28.3 Å². The van der Waals surface area contributed by atoms with Gasteiger partial charge in [0.15, 0.2) is 0 Å². The van der Waals surface area contributed by atoms with E-state index in [2.05, 4.69) is 31.1 Å². The number of carbonyl (C=O) groups is 2. The highest BCUT2D eigenvalue weighted by Gasteiger charge is 2.16. The first kappa shape index (κ1) is 41.8. The smallest absolute Gasteiger partial charge is 0.253 e. The highest BCUT2D eigenvalue weighted by Crippen LogP contribution is 2.32. The molecule has 0 radical (unpaired) electrons. The minimum absolute atomic E-state index is 0.168. The average Bonchev–Trinajstić information content (AvgIpc) is 3.13. The van der Waals surface area contributed by atoms with Crippen molar-refractivity contribution in [3.63, 3.8) is 0 Å². The molecule has 2 aromatic heterocycles. The maximum absolute atomic E-state index is 12.9. The number of aromatic nitrogens is 2. The molecule has 2 aromatic carbocycles. The number of nitrogens with zero attached hydrogens (tertiary/aromatic N) is 8. The number of nitrogens with one attached hydrogen (secondary N) is 2. The molecule has 4 N–H and O–H groups in total. The number of carbonyl (C=O) groups excluding carboxylic acids is 2. The van der Waals surface area contributed by atoms with E-state index in [-0.39, 0.29) is 52.6 Å². The number of amides is 2. The van der Waals surface area contributed by atoms with Gasteiger partial charge in [-0.15, -0.1) is 10.2 Å². The lowest BCUT2D eigenvalue weighted by Gasteiger charge is -2.15. The summed E-state index contributed by atoms with van der Waals surface area (Å²) in [4.78, 5) is 54.6. The number of rotatable bonds is 17. The number of azo groups is 2. The topological polar surface area (TPSA) is 199 Å². The van der Waals surface area contributed by atoms with Crippen LogP contribution in [0, 0.1) is 13.8 Å². The van der Waals surface area contributed by atoms with Crippen LogP contribution in [-0.4, -0.2) is 94.8 Å². The summed E-state index contributed by atoms with van der Waals surface area (Å²) in [6.07, 6.45) is 1.34. The Morgan fingerprint density at radius 2 is 1.07 bits per heavy atom. The van der Waals surface area contributed by atoms with Crippen molar-refractivity contribution in [3.05, 3.63) is 104 Å². The van der Waals surface area contributed by atoms with E-state index in [1.807, 2.05) is 38.0 Å². The molecule has 0 aliphatic carbocycles. The fourth-order valence-corrected chi connectivity index (χ4v) is 5.53. The Labute approximate surface area is 319 Å². The standard InChI is InChI=1S/C39H50N10O6/c1-25-22-32(50)48(20-8-18-46(4)5)38(54)34(25)44-42-30-14-10-28(11-15-30)36(52)40-24-27(3)41-37(53)29-12-16-31(17-13-29)43-45-35-26(2)23-33(51)49(39(35)55)21-9-19-47(6)7/h10-17,22-23,27,54-55H,8-9,18-21,24H2,1-7H3,(H,40,52)(H,41,53). The lowest BCUT2D eigenvalue weighted by atomic mass is 10.1. The van der Waals surface area contributed by atoms with Gasteiger partial charge in [0.05, 0.1) is 11.4 Å². The molecule has 4 aromatic rings. The second kappa shape index (κ2) is 19.4. The molecule has 2 heterocycles. The maximum Gasteiger partial charge on any atom is 0.253 e. The fourth-order valence-electron chi connectivity index (χ4n) is 5.53. The highest BCUT2D eigenvalue weighted by molar-refractivity contribution is 5.95. The predicted molar refractivity (Wildman–Crippen MR) is 211 cm³/mol. The van der Waals surface area contributed by atoms with Crippen molar-refractivity contribution < 1.29 is 19.8 Å². The molecule has 55 heavy (non-hydrogen) atoms. The Bertz CT molecular complexity index is 2140. The van der Waals surface area contributed by atoms with Gasteiger partial charge < -0.3 is 30.6 Å². The highest BCUT2D eigenvalue weighted by atomic mass is 16.3. The van der Waals surface area contributed by atoms with Crippen molar-refractivity contribution in [3.8, 4) is 11.8 Å². The van der Waals surface area contributed by atoms with Crippen LogP contribution in [0.4, 0.5) is 22.7 Å². The molecule has 0 bridgehead atoms. The van der Waals surface area contributed by atoms with Gasteiger partial charge in [0.1, 0.15) is 11.4 Å². The van der Waals surface area contributed by atoms with Crippen LogP contribution in [0.3, 0.4) is 0 Å². The number of benzene rings is 2. The van der Waals surface area contributed by atoms with Crippen molar-refractivity contribution in [2.45, 2.75) is 52.7 Å². The van der Waals surface area contributed by atoms with Crippen LogP contribution in [0.1, 0.15) is 51.6 Å². The van der Waals surface area contributed by atoms with Crippen LogP contribution in [0.15, 0.2) is 90.7 Å². The zero-order valence-corrected chi connectivity index (χ0v) is 32.4. The Hall–Kier alpha value is -6.00. The lowest BCUT2D eigenvalue weighted by molar-refractivity contribution is 0.0912. The van der Waals surface area contributed by atoms with Crippen LogP contribution in [0.2, 0.25) is 0 Å². The Morgan fingerprint density at radius 3 is 1.47 bits per heavy atom. The first-order chi connectivity index (χ1) is 26.1. The van der Waals surface area contributed by atoms with E-state index < -0.39 is 6.04 Å². The molecular weight excluding hydrogens is 704 g/mol. The van der Waals surface area contributed by atoms with E-state index in [9.17, 15) is 29.4 Å². The lowest BCUT2D eigenvalue weighted by Crippen LogP contribution is -2.41. The molecule has 0 saturated carbocycles. The molecule has 2 amide bonds. The second-order valence-electron chi connectivity index (χ2n) is 13.9. The molecule has 0 aliphatic heterocycles. The van der Waals surface area contributed by atoms with Crippen LogP contribution >= 0.6 is 0 Å². The van der Waals surface area contributed by atoms with Gasteiger partial charge in [0.2, 0.25) is 11.8 Å². The number of pyridine rings is 2. The summed E-state index contributed by atoms with van der Waals surface area (Å²) in [5.74, 6) is -1.18. The molecule has 1 atom stereocenters. The third-order valence-electron chi connectivity index (χ3n) is 8.60. The van der Waals surface area contributed by atoms with Gasteiger partial charge in [-0.05, 0) is 135 Å². The summed E-state index contributed by atoms with van der Waals surface area (Å²) in [7, 11) is 7.74. The summed E-state index contributed by atoms with van der Waals surface area (Å²) in [5, 5.41) is 44.0. The number of hydrogen-bond acceptors (Lipinski definition) is 12. The summed E-state index contributed by atoms with van der Waals surface area (Å²) >= 11 is 0. The van der Waals surface area contributed by atoms with Gasteiger partial charge in [-0.2, -0.15) is 10.2 Å². The molecule has 292 valence electrons. The van der Waals surface area contributed by atoms with E-state index >= 15 is 0 Å². The van der Waals surface area contributed by atoms with Crippen molar-refractivity contribution in [2.75, 3.05) is 47.8 Å². The van der Waals surface area contributed by atoms with Crippen molar-refractivity contribution in [2.24, 2.45) is 20.5 Å². The van der Waals surface area contributed by atoms with E-state index in [0.29, 0.717) is 59.6 Å². The fraction of sp³-hybridized carbons (Fsp3) is 0.385. The summed E-state index contributed by atoms with van der Waals surface area (Å²) in [6, 6.07) is 15.3. The summed E-state index contributed by atoms with van der Waals surface area (Å²) in [5.41, 5.74) is 2.40. The molecule has 0 fully saturated rings. The van der Waals surface area contributed by atoms with E-state index in [1.165, 1.54) is 21.3 Å². The molecule has 16 nitrogen and oxygen atoms in total. The molecule has 16 heteroatoms. The van der Waals surface area contributed by atoms with Gasteiger partial charge in [-0.25, -0.2) is 0 Å². The van der Waals surface area contributed by atoms with Crippen LogP contribution < -0.4 is 21.8 Å². The predicted octanol–water partition coefficient (Wildman–Crippen LogP) is 5.32. The average molecular weight is 755 g/mol. The number of hydrogen-bond donors (Lipinski definition) is 4. The largest absolute Gasteiger partial charge is 0.493 e. The van der Waals surface area contributed by atoms with Crippen molar-refractivity contribution in [1.29, 1.82) is 0 Å². The monoisotopic (exact) mass is 754 g/mol. The third kappa shape index (κ3) is 11.7. The van der Waals surface area contributed by atoms with Crippen LogP contribution in [0.25, 0.3) is 0 Å². The van der Waals surface area contributed by atoms with E-state index in [0.717, 1.165) is 13.1 Å². The summed E-state index contributed by atoms with van der Waals surface area (Å²) < 4.78 is 2.56. The third-order valence-corrected chi connectivity index (χ3v) is 8.60. The van der Waals surface area contributed by atoms with Crippen LogP contribution in [-0.2, 0) is 13.1 Å². The molecular formula is C39H50N10O6. The Morgan fingerprint density at radius 1 is 0.673 bits per heavy atom. The Balaban J connectivity index is 1.29. The summed E-state index contributed by atoms with van der Waals surface area (Å²) in [6.45, 7) is 7.47. The number of aromatic hydroxyl groups is 2. The first-order valence-electron chi connectivity index (χ1n) is 17.9. The molecule has 1 unspecified atom stereocenters. The SMILES string of the molecule is Cc1cc(=O)n(CCCN(C)C)c(O)c1N=Nc1ccc(C(=O)NCC(C)NC(=O)c2ccc(N=Nc3c(C)cc(=O)n(CCCN(C)C)c3O)cc2)cc1. The van der Waals surface area contributed by atoms with Gasteiger partial charge in [-0.1, -0.05) is 0 Å². The molecule has 0 aliphatic rings. The molecule has 4 rings (SSSR count). The van der Waals surface area contributed by atoms with E-state index in [4.69, 9.17) is 0 Å². The normalized spacial score (nSPS) is 12.2. The van der Waals surface area contributed by atoms with Gasteiger partial charge >= 0.3 is 0 Å². The van der Waals surface area contributed by atoms with Gasteiger partial charge in [0, 0.05) is 48.9 Å². The van der Waals surface area contributed by atoms with Crippen LogP contribution in [0.5, 0.6) is 11.8 Å². The molecule has 0 spiro atoms. The zero-order chi connectivity index (χ0) is 40.2. The maximum atomic E-state index is 12.9.